The molecule has 0 saturated heterocycles. The first-order valence-corrected chi connectivity index (χ1v) is 6.60. The predicted molar refractivity (Wildman–Crippen MR) is 78.5 cm³/mol. The summed E-state index contributed by atoms with van der Waals surface area (Å²) in [5.41, 5.74) is 7.45. The van der Waals surface area contributed by atoms with Crippen LogP contribution in [0.25, 0.3) is 0 Å². The molecule has 0 aliphatic rings. The SMILES string of the molecule is N[C@@H](C(=O)Cc1cc(Cl)ccc1Cl)c1ccccc1. The molecule has 0 unspecified atom stereocenters. The topological polar surface area (TPSA) is 43.1 Å². The second-order valence-corrected chi connectivity index (χ2v) is 5.11. The van der Waals surface area contributed by atoms with Crippen LogP contribution in [0.3, 0.4) is 0 Å². The van der Waals surface area contributed by atoms with Gasteiger partial charge in [0.15, 0.2) is 5.78 Å². The summed E-state index contributed by atoms with van der Waals surface area (Å²) in [4.78, 5) is 12.1. The van der Waals surface area contributed by atoms with E-state index in [1.807, 2.05) is 30.3 Å². The van der Waals surface area contributed by atoms with Crippen molar-refractivity contribution in [1.82, 2.24) is 0 Å². The molecule has 0 heterocycles. The van der Waals surface area contributed by atoms with E-state index in [9.17, 15) is 4.79 Å². The fraction of sp³-hybridized carbons (Fsp3) is 0.133. The molecule has 98 valence electrons. The lowest BCUT2D eigenvalue weighted by molar-refractivity contribution is -0.119. The number of nitrogens with two attached hydrogens (primary N) is 1. The van der Waals surface area contributed by atoms with E-state index in [1.54, 1.807) is 18.2 Å². The Balaban J connectivity index is 2.15. The van der Waals surface area contributed by atoms with Crippen molar-refractivity contribution in [2.24, 2.45) is 5.73 Å². The molecule has 2 rings (SSSR count). The third kappa shape index (κ3) is 3.57. The summed E-state index contributed by atoms with van der Waals surface area (Å²) in [6, 6.07) is 13.7. The van der Waals surface area contributed by atoms with Gasteiger partial charge in [-0.05, 0) is 29.3 Å². The Labute approximate surface area is 122 Å². The molecule has 0 spiro atoms. The first-order chi connectivity index (χ1) is 9.08. The first-order valence-electron chi connectivity index (χ1n) is 5.85. The third-order valence-corrected chi connectivity index (χ3v) is 3.48. The molecule has 0 amide bonds. The zero-order chi connectivity index (χ0) is 13.8. The molecule has 0 bridgehead atoms. The third-order valence-electron chi connectivity index (χ3n) is 2.88. The average Bonchev–Trinajstić information content (AvgIpc) is 2.43. The Morgan fingerprint density at radius 2 is 1.79 bits per heavy atom. The van der Waals surface area contributed by atoms with Gasteiger partial charge in [-0.25, -0.2) is 0 Å². The van der Waals surface area contributed by atoms with E-state index in [4.69, 9.17) is 28.9 Å². The number of halogens is 2. The highest BCUT2D eigenvalue weighted by molar-refractivity contribution is 6.33. The largest absolute Gasteiger partial charge is 0.318 e. The molecule has 19 heavy (non-hydrogen) atoms. The molecule has 1 atom stereocenters. The van der Waals surface area contributed by atoms with E-state index < -0.39 is 6.04 Å². The van der Waals surface area contributed by atoms with E-state index in [0.717, 1.165) is 5.56 Å². The highest BCUT2D eigenvalue weighted by Crippen LogP contribution is 2.23. The minimum absolute atomic E-state index is 0.0876. The van der Waals surface area contributed by atoms with Crippen molar-refractivity contribution in [3.8, 4) is 0 Å². The molecule has 0 fully saturated rings. The number of carbonyl (C=O) groups is 1. The molecule has 2 aromatic rings. The van der Waals surface area contributed by atoms with Gasteiger partial charge in [0.05, 0.1) is 6.04 Å². The number of hydrogen-bond donors (Lipinski definition) is 1. The van der Waals surface area contributed by atoms with Crippen molar-refractivity contribution in [2.75, 3.05) is 0 Å². The van der Waals surface area contributed by atoms with Crippen LogP contribution in [0.1, 0.15) is 17.2 Å². The maximum Gasteiger partial charge on any atom is 0.158 e. The summed E-state index contributed by atoms with van der Waals surface area (Å²) in [6.07, 6.45) is 0.176. The Hall–Kier alpha value is -1.35. The van der Waals surface area contributed by atoms with E-state index in [1.165, 1.54) is 0 Å². The van der Waals surface area contributed by atoms with Gasteiger partial charge >= 0.3 is 0 Å². The molecule has 0 radical (unpaired) electrons. The fourth-order valence-corrected chi connectivity index (χ4v) is 2.20. The Morgan fingerprint density at radius 3 is 2.47 bits per heavy atom. The summed E-state index contributed by atoms with van der Waals surface area (Å²) >= 11 is 11.9. The highest BCUT2D eigenvalue weighted by atomic mass is 35.5. The van der Waals surface area contributed by atoms with E-state index >= 15 is 0 Å². The molecule has 2 N–H and O–H groups in total. The Kier molecular flexibility index (Phi) is 4.59. The van der Waals surface area contributed by atoms with Crippen molar-refractivity contribution >= 4 is 29.0 Å². The van der Waals surface area contributed by atoms with Crippen LogP contribution in [0.4, 0.5) is 0 Å². The highest BCUT2D eigenvalue weighted by Gasteiger charge is 2.17. The van der Waals surface area contributed by atoms with Gasteiger partial charge in [0, 0.05) is 16.5 Å². The predicted octanol–water partition coefficient (Wildman–Crippen LogP) is 3.81. The molecule has 2 nitrogen and oxygen atoms in total. The smallest absolute Gasteiger partial charge is 0.158 e. The number of rotatable bonds is 4. The van der Waals surface area contributed by atoms with Crippen molar-refractivity contribution in [2.45, 2.75) is 12.5 Å². The fourth-order valence-electron chi connectivity index (χ4n) is 1.82. The lowest BCUT2D eigenvalue weighted by Crippen LogP contribution is -2.23. The number of benzene rings is 2. The summed E-state index contributed by atoms with van der Waals surface area (Å²) in [6.45, 7) is 0. The van der Waals surface area contributed by atoms with Crippen LogP contribution < -0.4 is 5.73 Å². The normalized spacial score (nSPS) is 12.2. The zero-order valence-corrected chi connectivity index (χ0v) is 11.7. The van der Waals surface area contributed by atoms with Crippen LogP contribution in [-0.4, -0.2) is 5.78 Å². The van der Waals surface area contributed by atoms with Gasteiger partial charge in [-0.3, -0.25) is 4.79 Å². The molecule has 0 aliphatic heterocycles. The Bertz CT molecular complexity index is 584. The summed E-state index contributed by atoms with van der Waals surface area (Å²) in [5, 5.41) is 1.08. The van der Waals surface area contributed by atoms with Gasteiger partial charge in [-0.15, -0.1) is 0 Å². The first kappa shape index (κ1) is 14.1. The van der Waals surface area contributed by atoms with Crippen LogP contribution >= 0.6 is 23.2 Å². The van der Waals surface area contributed by atoms with Crippen LogP contribution in [-0.2, 0) is 11.2 Å². The van der Waals surface area contributed by atoms with Gasteiger partial charge < -0.3 is 5.73 Å². The standard InChI is InChI=1S/C15H13Cl2NO/c16-12-6-7-13(17)11(8-12)9-14(19)15(18)10-4-2-1-3-5-10/h1-8,15H,9,18H2/t15-/m1/s1. The monoisotopic (exact) mass is 293 g/mol. The maximum absolute atomic E-state index is 12.1. The minimum Gasteiger partial charge on any atom is -0.318 e. The van der Waals surface area contributed by atoms with Crippen LogP contribution in [0.5, 0.6) is 0 Å². The van der Waals surface area contributed by atoms with Crippen LogP contribution in [0.2, 0.25) is 10.0 Å². The number of ketones is 1. The van der Waals surface area contributed by atoms with Gasteiger partial charge in [0.1, 0.15) is 0 Å². The molecule has 2 aromatic carbocycles. The van der Waals surface area contributed by atoms with Crippen molar-refractivity contribution in [3.63, 3.8) is 0 Å². The summed E-state index contributed by atoms with van der Waals surface area (Å²) in [5.74, 6) is -0.0876. The van der Waals surface area contributed by atoms with E-state index in [0.29, 0.717) is 15.6 Å². The van der Waals surface area contributed by atoms with Crippen molar-refractivity contribution < 1.29 is 4.79 Å². The van der Waals surface area contributed by atoms with Crippen molar-refractivity contribution in [3.05, 3.63) is 69.7 Å². The van der Waals surface area contributed by atoms with Gasteiger partial charge in [-0.2, -0.15) is 0 Å². The molecule has 0 aromatic heterocycles. The lowest BCUT2D eigenvalue weighted by atomic mass is 9.98. The average molecular weight is 294 g/mol. The van der Waals surface area contributed by atoms with Crippen molar-refractivity contribution in [1.29, 1.82) is 0 Å². The van der Waals surface area contributed by atoms with Gasteiger partial charge in [0.2, 0.25) is 0 Å². The summed E-state index contributed by atoms with van der Waals surface area (Å²) < 4.78 is 0. The number of Topliss-reactive ketones (excluding diaryl/α,β-unsaturated/α-hetero) is 1. The second-order valence-electron chi connectivity index (χ2n) is 4.27. The van der Waals surface area contributed by atoms with Crippen LogP contribution in [0.15, 0.2) is 48.5 Å². The van der Waals surface area contributed by atoms with Crippen LogP contribution in [0, 0.1) is 0 Å². The zero-order valence-electron chi connectivity index (χ0n) is 10.1. The molecule has 0 aliphatic carbocycles. The number of hydrogen-bond acceptors (Lipinski definition) is 2. The molecular weight excluding hydrogens is 281 g/mol. The molecule has 0 saturated carbocycles. The van der Waals surface area contributed by atoms with E-state index in [-0.39, 0.29) is 12.2 Å². The quantitative estimate of drug-likeness (QED) is 0.932. The van der Waals surface area contributed by atoms with Gasteiger partial charge in [0.25, 0.3) is 0 Å². The Morgan fingerprint density at radius 1 is 1.11 bits per heavy atom. The van der Waals surface area contributed by atoms with Gasteiger partial charge in [-0.1, -0.05) is 53.5 Å². The molecular formula is C15H13Cl2NO. The minimum atomic E-state index is -0.642. The molecule has 4 heteroatoms. The van der Waals surface area contributed by atoms with E-state index in [2.05, 4.69) is 0 Å². The second kappa shape index (κ2) is 6.20. The number of carbonyl (C=O) groups excluding carboxylic acids is 1. The lowest BCUT2D eigenvalue weighted by Gasteiger charge is -2.11. The summed E-state index contributed by atoms with van der Waals surface area (Å²) in [7, 11) is 0. The maximum atomic E-state index is 12.1.